The molecule has 110 valence electrons. The standard InChI is InChI=1S/C16H22O4/c1-11(2)10-16(8-4-5-9-16)14(17)12-6-7-13(20-12)15(18)19-3/h6-7,11H,4-5,8-10H2,1-3H3. The average Bonchev–Trinajstić information content (AvgIpc) is 3.05. The van der Waals surface area contributed by atoms with Crippen LogP contribution in [0.1, 0.15) is 67.1 Å². The van der Waals surface area contributed by atoms with Crippen molar-refractivity contribution < 1.29 is 18.7 Å². The van der Waals surface area contributed by atoms with E-state index in [1.807, 2.05) is 0 Å². The second-order valence-corrected chi connectivity index (χ2v) is 6.07. The number of methoxy groups -OCH3 is 1. The third kappa shape index (κ3) is 2.79. The fourth-order valence-corrected chi connectivity index (χ4v) is 3.29. The van der Waals surface area contributed by atoms with E-state index in [2.05, 4.69) is 18.6 Å². The van der Waals surface area contributed by atoms with Gasteiger partial charge in [0.25, 0.3) is 0 Å². The summed E-state index contributed by atoms with van der Waals surface area (Å²) in [6.07, 6.45) is 4.88. The van der Waals surface area contributed by atoms with Crippen molar-refractivity contribution in [2.75, 3.05) is 7.11 Å². The lowest BCUT2D eigenvalue weighted by molar-refractivity contribution is 0.0558. The average molecular weight is 278 g/mol. The number of Topliss-reactive ketones (excluding diaryl/α,β-unsaturated/α-hetero) is 1. The maximum atomic E-state index is 12.8. The zero-order valence-corrected chi connectivity index (χ0v) is 12.4. The van der Waals surface area contributed by atoms with Gasteiger partial charge in [-0.1, -0.05) is 26.7 Å². The molecule has 1 aliphatic rings. The Morgan fingerprint density at radius 2 is 1.85 bits per heavy atom. The van der Waals surface area contributed by atoms with Crippen molar-refractivity contribution in [3.8, 4) is 0 Å². The molecule has 20 heavy (non-hydrogen) atoms. The second kappa shape index (κ2) is 5.81. The predicted octanol–water partition coefficient (Wildman–Crippen LogP) is 3.86. The van der Waals surface area contributed by atoms with Gasteiger partial charge in [-0.25, -0.2) is 4.79 Å². The number of hydrogen-bond acceptors (Lipinski definition) is 4. The molecule has 0 radical (unpaired) electrons. The third-order valence-electron chi connectivity index (χ3n) is 4.06. The van der Waals surface area contributed by atoms with Crippen LogP contribution in [0.25, 0.3) is 0 Å². The quantitative estimate of drug-likeness (QED) is 0.606. The molecule has 1 aromatic rings. The van der Waals surface area contributed by atoms with E-state index in [1.165, 1.54) is 13.2 Å². The van der Waals surface area contributed by atoms with Gasteiger partial charge < -0.3 is 9.15 Å². The Hall–Kier alpha value is -1.58. The van der Waals surface area contributed by atoms with E-state index in [0.717, 1.165) is 32.1 Å². The molecule has 0 aliphatic heterocycles. The molecule has 1 heterocycles. The minimum Gasteiger partial charge on any atom is -0.463 e. The summed E-state index contributed by atoms with van der Waals surface area (Å²) < 4.78 is 9.99. The SMILES string of the molecule is COC(=O)c1ccc(C(=O)C2(CC(C)C)CCCC2)o1. The molecule has 0 unspecified atom stereocenters. The van der Waals surface area contributed by atoms with Crippen LogP contribution in [-0.2, 0) is 4.74 Å². The molecule has 0 amide bonds. The van der Waals surface area contributed by atoms with Gasteiger partial charge in [0.05, 0.1) is 7.11 Å². The Morgan fingerprint density at radius 3 is 2.40 bits per heavy atom. The molecule has 4 heteroatoms. The van der Waals surface area contributed by atoms with Gasteiger partial charge >= 0.3 is 5.97 Å². The minimum atomic E-state index is -0.548. The van der Waals surface area contributed by atoms with Gasteiger partial charge in [0.2, 0.25) is 11.5 Å². The minimum absolute atomic E-state index is 0.0406. The normalized spacial score (nSPS) is 17.4. The van der Waals surface area contributed by atoms with Crippen LogP contribution in [0.5, 0.6) is 0 Å². The lowest BCUT2D eigenvalue weighted by atomic mass is 9.74. The van der Waals surface area contributed by atoms with E-state index in [4.69, 9.17) is 4.42 Å². The van der Waals surface area contributed by atoms with Crippen molar-refractivity contribution in [3.63, 3.8) is 0 Å². The Labute approximate surface area is 119 Å². The monoisotopic (exact) mass is 278 g/mol. The highest BCUT2D eigenvalue weighted by Crippen LogP contribution is 2.45. The van der Waals surface area contributed by atoms with Gasteiger partial charge in [-0.15, -0.1) is 0 Å². The molecule has 0 bridgehead atoms. The summed E-state index contributed by atoms with van der Waals surface area (Å²) in [6.45, 7) is 4.27. The van der Waals surface area contributed by atoms with Crippen LogP contribution in [0.2, 0.25) is 0 Å². The molecule has 0 aromatic carbocycles. The Kier molecular flexibility index (Phi) is 4.31. The Bertz CT molecular complexity index is 492. The number of ether oxygens (including phenoxy) is 1. The fourth-order valence-electron chi connectivity index (χ4n) is 3.29. The number of esters is 1. The van der Waals surface area contributed by atoms with E-state index in [1.54, 1.807) is 6.07 Å². The largest absolute Gasteiger partial charge is 0.463 e. The summed E-state index contributed by atoms with van der Waals surface area (Å²) >= 11 is 0. The molecular formula is C16H22O4. The summed E-state index contributed by atoms with van der Waals surface area (Å²) in [7, 11) is 1.30. The van der Waals surface area contributed by atoms with Crippen molar-refractivity contribution >= 4 is 11.8 Å². The van der Waals surface area contributed by atoms with Crippen LogP contribution >= 0.6 is 0 Å². The van der Waals surface area contributed by atoms with E-state index >= 15 is 0 Å². The smallest absolute Gasteiger partial charge is 0.373 e. The van der Waals surface area contributed by atoms with E-state index in [0.29, 0.717) is 5.92 Å². The summed E-state index contributed by atoms with van der Waals surface area (Å²) in [5, 5.41) is 0. The van der Waals surface area contributed by atoms with E-state index in [-0.39, 0.29) is 22.7 Å². The van der Waals surface area contributed by atoms with Gasteiger partial charge in [0, 0.05) is 5.41 Å². The first kappa shape index (κ1) is 14.8. The lowest BCUT2D eigenvalue weighted by Crippen LogP contribution is -2.29. The van der Waals surface area contributed by atoms with Gasteiger partial charge in [0.1, 0.15) is 0 Å². The number of carbonyl (C=O) groups is 2. The number of furan rings is 1. The Morgan fingerprint density at radius 1 is 1.25 bits per heavy atom. The first-order valence-electron chi connectivity index (χ1n) is 7.21. The highest BCUT2D eigenvalue weighted by atomic mass is 16.5. The molecular weight excluding hydrogens is 256 g/mol. The van der Waals surface area contributed by atoms with Gasteiger partial charge in [-0.3, -0.25) is 4.79 Å². The predicted molar refractivity (Wildman–Crippen MR) is 74.7 cm³/mol. The molecule has 0 spiro atoms. The first-order chi connectivity index (χ1) is 9.48. The number of rotatable bonds is 5. The van der Waals surface area contributed by atoms with Crippen LogP contribution < -0.4 is 0 Å². The maximum absolute atomic E-state index is 12.8. The third-order valence-corrected chi connectivity index (χ3v) is 4.06. The molecule has 0 atom stereocenters. The first-order valence-corrected chi connectivity index (χ1v) is 7.21. The van der Waals surface area contributed by atoms with Gasteiger partial charge in [0.15, 0.2) is 5.76 Å². The topological polar surface area (TPSA) is 56.5 Å². The van der Waals surface area contributed by atoms with Gasteiger partial charge in [-0.2, -0.15) is 0 Å². The van der Waals surface area contributed by atoms with Crippen LogP contribution in [0.3, 0.4) is 0 Å². The molecule has 0 saturated heterocycles. The highest BCUT2D eigenvalue weighted by molar-refractivity contribution is 5.99. The molecule has 1 aromatic heterocycles. The van der Waals surface area contributed by atoms with Crippen molar-refractivity contribution in [1.29, 1.82) is 0 Å². The molecule has 4 nitrogen and oxygen atoms in total. The molecule has 1 aliphatic carbocycles. The highest BCUT2D eigenvalue weighted by Gasteiger charge is 2.43. The lowest BCUT2D eigenvalue weighted by Gasteiger charge is -2.28. The number of carbonyl (C=O) groups excluding carboxylic acids is 2. The van der Waals surface area contributed by atoms with Crippen molar-refractivity contribution in [1.82, 2.24) is 0 Å². The zero-order valence-electron chi connectivity index (χ0n) is 12.4. The molecule has 1 saturated carbocycles. The van der Waals surface area contributed by atoms with Crippen LogP contribution in [-0.4, -0.2) is 18.9 Å². The summed E-state index contributed by atoms with van der Waals surface area (Å²) in [5.74, 6) is 0.334. The molecule has 2 rings (SSSR count). The maximum Gasteiger partial charge on any atom is 0.373 e. The summed E-state index contributed by atoms with van der Waals surface area (Å²) in [5.41, 5.74) is -0.306. The number of ketones is 1. The summed E-state index contributed by atoms with van der Waals surface area (Å²) in [4.78, 5) is 24.2. The van der Waals surface area contributed by atoms with Crippen molar-refractivity contribution in [2.24, 2.45) is 11.3 Å². The van der Waals surface area contributed by atoms with E-state index in [9.17, 15) is 9.59 Å². The Balaban J connectivity index is 2.24. The molecule has 0 N–H and O–H groups in total. The van der Waals surface area contributed by atoms with E-state index < -0.39 is 5.97 Å². The molecule has 1 fully saturated rings. The van der Waals surface area contributed by atoms with Crippen LogP contribution in [0.15, 0.2) is 16.5 Å². The van der Waals surface area contributed by atoms with Crippen molar-refractivity contribution in [2.45, 2.75) is 46.0 Å². The summed E-state index contributed by atoms with van der Waals surface area (Å²) in [6, 6.07) is 3.10. The van der Waals surface area contributed by atoms with Crippen molar-refractivity contribution in [3.05, 3.63) is 23.7 Å². The van der Waals surface area contributed by atoms with Gasteiger partial charge in [-0.05, 0) is 37.3 Å². The fraction of sp³-hybridized carbons (Fsp3) is 0.625. The zero-order chi connectivity index (χ0) is 14.8. The second-order valence-electron chi connectivity index (χ2n) is 6.07. The van der Waals surface area contributed by atoms with Crippen LogP contribution in [0.4, 0.5) is 0 Å². The number of hydrogen-bond donors (Lipinski definition) is 0. The van der Waals surface area contributed by atoms with Crippen LogP contribution in [0, 0.1) is 11.3 Å².